The monoisotopic (exact) mass is 334 g/mol. The number of hydrogen-bond acceptors (Lipinski definition) is 6. The van der Waals surface area contributed by atoms with Crippen LogP contribution in [0.1, 0.15) is 5.56 Å². The van der Waals surface area contributed by atoms with E-state index in [1.807, 2.05) is 12.1 Å². The zero-order chi connectivity index (χ0) is 17.4. The van der Waals surface area contributed by atoms with Crippen LogP contribution in [0.25, 0.3) is 22.4 Å². The van der Waals surface area contributed by atoms with Crippen LogP contribution in [-0.2, 0) is 6.54 Å². The molecule has 0 fully saturated rings. The summed E-state index contributed by atoms with van der Waals surface area (Å²) in [4.78, 5) is 12.2. The second-order valence-electron chi connectivity index (χ2n) is 5.44. The number of nitrogen functional groups attached to an aromatic ring is 2. The van der Waals surface area contributed by atoms with Crippen LogP contribution >= 0.6 is 0 Å². The highest BCUT2D eigenvalue weighted by molar-refractivity contribution is 5.92. The van der Waals surface area contributed by atoms with Gasteiger partial charge >= 0.3 is 0 Å². The molecule has 0 spiro atoms. The Labute approximate surface area is 142 Å². The first kappa shape index (κ1) is 15.0. The molecule has 4 aromatic rings. The number of hydrogen-bond donors (Lipinski definition) is 2. The molecule has 4 rings (SSSR count). The number of aromatic nitrogens is 5. The van der Waals surface area contributed by atoms with Crippen LogP contribution < -0.4 is 11.5 Å². The van der Waals surface area contributed by atoms with Crippen LogP contribution in [-0.4, -0.2) is 24.7 Å². The van der Waals surface area contributed by atoms with E-state index in [2.05, 4.69) is 26.1 Å². The van der Waals surface area contributed by atoms with Gasteiger partial charge in [0.2, 0.25) is 0 Å². The minimum atomic E-state index is -0.381. The normalized spacial score (nSPS) is 11.1. The number of anilines is 2. The molecular weight excluding hydrogens is 321 g/mol. The molecule has 0 aliphatic carbocycles. The molecule has 3 heterocycles. The van der Waals surface area contributed by atoms with Gasteiger partial charge in [-0.2, -0.15) is 5.10 Å². The largest absolute Gasteiger partial charge is 0.383 e. The van der Waals surface area contributed by atoms with Gasteiger partial charge in [-0.3, -0.25) is 9.67 Å². The van der Waals surface area contributed by atoms with Crippen LogP contribution in [0.15, 0.2) is 42.7 Å². The lowest BCUT2D eigenvalue weighted by molar-refractivity contribution is 0.616. The zero-order valence-electron chi connectivity index (χ0n) is 13.0. The molecule has 0 saturated heterocycles. The number of benzene rings is 1. The van der Waals surface area contributed by atoms with Crippen molar-refractivity contribution in [2.24, 2.45) is 0 Å². The van der Waals surface area contributed by atoms with Crippen molar-refractivity contribution < 1.29 is 4.39 Å². The molecule has 0 saturated carbocycles. The summed E-state index contributed by atoms with van der Waals surface area (Å²) in [5.74, 6) is 0.0676. The van der Waals surface area contributed by atoms with Gasteiger partial charge in [0.15, 0.2) is 5.82 Å². The maximum absolute atomic E-state index is 14.5. The molecule has 0 atom stereocenters. The lowest BCUT2D eigenvalue weighted by Crippen LogP contribution is -2.04. The Morgan fingerprint density at radius 2 is 1.76 bits per heavy atom. The summed E-state index contributed by atoms with van der Waals surface area (Å²) in [6.45, 7) is 0.379. The quantitative estimate of drug-likeness (QED) is 0.593. The van der Waals surface area contributed by atoms with E-state index in [-0.39, 0.29) is 23.3 Å². The van der Waals surface area contributed by atoms with Crippen molar-refractivity contribution in [2.45, 2.75) is 6.54 Å². The predicted molar refractivity (Wildman–Crippen MR) is 91.7 cm³/mol. The van der Waals surface area contributed by atoms with Crippen molar-refractivity contribution in [3.05, 3.63) is 60.2 Å². The van der Waals surface area contributed by atoms with Gasteiger partial charge in [0.25, 0.3) is 0 Å². The van der Waals surface area contributed by atoms with Crippen LogP contribution in [0, 0.1) is 11.9 Å². The Morgan fingerprint density at radius 3 is 2.48 bits per heavy atom. The summed E-state index contributed by atoms with van der Waals surface area (Å²) in [6.07, 6.45) is 3.35. The van der Waals surface area contributed by atoms with Gasteiger partial charge in [0.05, 0.1) is 12.6 Å². The van der Waals surface area contributed by atoms with E-state index in [0.717, 1.165) is 5.56 Å². The molecule has 1 radical (unpaired) electrons. The molecule has 25 heavy (non-hydrogen) atoms. The average molecular weight is 334 g/mol. The molecule has 8 heteroatoms. The van der Waals surface area contributed by atoms with Gasteiger partial charge in [0.1, 0.15) is 28.7 Å². The number of nitrogens with two attached hydrogens (primary N) is 2. The fourth-order valence-electron chi connectivity index (χ4n) is 2.68. The first-order chi connectivity index (χ1) is 12.1. The number of para-hydroxylation sites is 1. The van der Waals surface area contributed by atoms with Crippen LogP contribution in [0.3, 0.4) is 0 Å². The standard InChI is InChI=1S/C17H13FN7/c18-12-3-1-2-11-15(17-22-13(19)8-14(20)23-17)24-25(16(11)12)9-10-4-6-21-7-5-10/h1-7H,9H2,(H4,19,20,22,23). The molecule has 0 aliphatic rings. The summed E-state index contributed by atoms with van der Waals surface area (Å²) in [6, 6.07) is 11.1. The van der Waals surface area contributed by atoms with Crippen molar-refractivity contribution in [3.8, 4) is 11.5 Å². The third kappa shape index (κ3) is 2.74. The Bertz CT molecular complexity index is 1040. The van der Waals surface area contributed by atoms with Crippen molar-refractivity contribution >= 4 is 22.5 Å². The van der Waals surface area contributed by atoms with E-state index in [1.165, 1.54) is 6.07 Å². The van der Waals surface area contributed by atoms with Gasteiger partial charge < -0.3 is 11.5 Å². The van der Waals surface area contributed by atoms with Gasteiger partial charge in [0, 0.05) is 17.8 Å². The maximum Gasteiger partial charge on any atom is 0.184 e. The molecule has 0 aliphatic heterocycles. The number of pyridine rings is 1. The Kier molecular flexibility index (Phi) is 3.50. The fraction of sp³-hybridized carbons (Fsp3) is 0.0588. The molecule has 0 amide bonds. The third-order valence-electron chi connectivity index (χ3n) is 3.72. The number of halogens is 1. The topological polar surface area (TPSA) is 109 Å². The summed E-state index contributed by atoms with van der Waals surface area (Å²) in [5, 5.41) is 5.09. The summed E-state index contributed by atoms with van der Waals surface area (Å²) < 4.78 is 16.0. The Morgan fingerprint density at radius 1 is 1.04 bits per heavy atom. The van der Waals surface area contributed by atoms with Crippen LogP contribution in [0.2, 0.25) is 0 Å². The van der Waals surface area contributed by atoms with Crippen LogP contribution in [0.5, 0.6) is 0 Å². The molecule has 0 unspecified atom stereocenters. The second kappa shape index (κ2) is 5.82. The van der Waals surface area contributed by atoms with Crippen molar-refractivity contribution in [3.63, 3.8) is 0 Å². The molecule has 1 aromatic carbocycles. The second-order valence-corrected chi connectivity index (χ2v) is 5.44. The summed E-state index contributed by atoms with van der Waals surface area (Å²) in [7, 11) is 0. The van der Waals surface area contributed by atoms with Crippen LogP contribution in [0.4, 0.5) is 16.0 Å². The number of rotatable bonds is 3. The minimum absolute atomic E-state index is 0.107. The van der Waals surface area contributed by atoms with E-state index >= 15 is 0 Å². The molecule has 123 valence electrons. The average Bonchev–Trinajstić information content (AvgIpc) is 2.95. The van der Waals surface area contributed by atoms with Gasteiger partial charge in [-0.15, -0.1) is 0 Å². The minimum Gasteiger partial charge on any atom is -0.383 e. The van der Waals surface area contributed by atoms with E-state index < -0.39 is 0 Å². The predicted octanol–water partition coefficient (Wildman–Crippen LogP) is 2.04. The highest BCUT2D eigenvalue weighted by Crippen LogP contribution is 2.28. The smallest absolute Gasteiger partial charge is 0.184 e. The maximum atomic E-state index is 14.5. The fourth-order valence-corrected chi connectivity index (χ4v) is 2.68. The summed E-state index contributed by atoms with van der Waals surface area (Å²) >= 11 is 0. The SMILES string of the molecule is Nc1[c]c(N)nc(-c2nn(Cc3ccncc3)c3c(F)cccc23)n1. The summed E-state index contributed by atoms with van der Waals surface area (Å²) in [5.41, 5.74) is 13.1. The number of nitrogens with zero attached hydrogens (tertiary/aromatic N) is 5. The third-order valence-corrected chi connectivity index (χ3v) is 3.72. The molecular formula is C17H13FN7. The highest BCUT2D eigenvalue weighted by Gasteiger charge is 2.18. The molecule has 0 bridgehead atoms. The van der Waals surface area contributed by atoms with Crippen molar-refractivity contribution in [2.75, 3.05) is 11.5 Å². The lowest BCUT2D eigenvalue weighted by Gasteiger charge is -2.04. The Hall–Kier alpha value is -3.55. The van der Waals surface area contributed by atoms with E-state index in [0.29, 0.717) is 23.1 Å². The van der Waals surface area contributed by atoms with Gasteiger partial charge in [-0.1, -0.05) is 12.1 Å². The van der Waals surface area contributed by atoms with Gasteiger partial charge in [-0.05, 0) is 23.8 Å². The van der Waals surface area contributed by atoms with E-state index in [4.69, 9.17) is 11.5 Å². The van der Waals surface area contributed by atoms with E-state index in [9.17, 15) is 4.39 Å². The number of fused-ring (bicyclic) bond motifs is 1. The lowest BCUT2D eigenvalue weighted by atomic mass is 10.2. The van der Waals surface area contributed by atoms with Gasteiger partial charge in [-0.25, -0.2) is 14.4 Å². The molecule has 3 aromatic heterocycles. The highest BCUT2D eigenvalue weighted by atomic mass is 19.1. The van der Waals surface area contributed by atoms with Crippen molar-refractivity contribution in [1.29, 1.82) is 0 Å². The molecule has 7 nitrogen and oxygen atoms in total. The first-order valence-corrected chi connectivity index (χ1v) is 7.48. The zero-order valence-corrected chi connectivity index (χ0v) is 13.0. The first-order valence-electron chi connectivity index (χ1n) is 7.48. The van der Waals surface area contributed by atoms with E-state index in [1.54, 1.807) is 29.2 Å². The Balaban J connectivity index is 1.92. The molecule has 4 N–H and O–H groups in total. The van der Waals surface area contributed by atoms with Crippen molar-refractivity contribution in [1.82, 2.24) is 24.7 Å².